The highest BCUT2D eigenvalue weighted by Crippen LogP contribution is 2.16. The summed E-state index contributed by atoms with van der Waals surface area (Å²) < 4.78 is 11.0. The minimum atomic E-state index is -0.404. The maximum atomic E-state index is 12.3. The number of aryl methyl sites for hydroxylation is 1. The van der Waals surface area contributed by atoms with Crippen molar-refractivity contribution in [1.82, 2.24) is 5.43 Å². The van der Waals surface area contributed by atoms with E-state index in [1.807, 2.05) is 19.1 Å². The second kappa shape index (κ2) is 11.5. The number of hydrogen-bond acceptors (Lipinski definition) is 5. The van der Waals surface area contributed by atoms with Crippen LogP contribution in [0.25, 0.3) is 0 Å². The number of rotatable bonds is 9. The van der Waals surface area contributed by atoms with Gasteiger partial charge in [-0.15, -0.1) is 0 Å². The molecule has 164 valence electrons. The summed E-state index contributed by atoms with van der Waals surface area (Å²) in [7, 11) is 0. The van der Waals surface area contributed by atoms with E-state index < -0.39 is 5.97 Å². The molecule has 1 amide bonds. The molecule has 0 aliphatic rings. The quantitative estimate of drug-likeness (QED) is 0.167. The summed E-state index contributed by atoms with van der Waals surface area (Å²) in [4.78, 5) is 24.5. The average molecular weight is 431 g/mol. The predicted octanol–water partition coefficient (Wildman–Crippen LogP) is 5.16. The SMILES string of the molecule is CCCCOc1ccc(C(=O)NN=Cc2ccc(OC(=O)c3ccccc3C)cc2)cc1. The van der Waals surface area contributed by atoms with Gasteiger partial charge in [-0.05, 0) is 79.1 Å². The molecule has 1 N–H and O–H groups in total. The Bertz CT molecular complexity index is 1070. The van der Waals surface area contributed by atoms with Crippen LogP contribution in [0.15, 0.2) is 77.9 Å². The molecule has 0 unspecified atom stereocenters. The van der Waals surface area contributed by atoms with E-state index in [1.54, 1.807) is 60.7 Å². The molecule has 0 bridgehead atoms. The van der Waals surface area contributed by atoms with E-state index in [-0.39, 0.29) is 5.91 Å². The Balaban J connectivity index is 1.50. The van der Waals surface area contributed by atoms with Gasteiger partial charge in [0.1, 0.15) is 11.5 Å². The number of carbonyl (C=O) groups excluding carboxylic acids is 2. The fourth-order valence-electron chi connectivity index (χ4n) is 2.85. The van der Waals surface area contributed by atoms with Gasteiger partial charge in [-0.1, -0.05) is 31.5 Å². The summed E-state index contributed by atoms with van der Waals surface area (Å²) in [6, 6.07) is 21.0. The van der Waals surface area contributed by atoms with E-state index >= 15 is 0 Å². The molecule has 0 radical (unpaired) electrons. The van der Waals surface area contributed by atoms with E-state index in [0.29, 0.717) is 23.5 Å². The van der Waals surface area contributed by atoms with Crippen LogP contribution in [-0.4, -0.2) is 24.7 Å². The Hall–Kier alpha value is -3.93. The third-order valence-corrected chi connectivity index (χ3v) is 4.72. The van der Waals surface area contributed by atoms with E-state index in [9.17, 15) is 9.59 Å². The number of carbonyl (C=O) groups is 2. The topological polar surface area (TPSA) is 77.0 Å². The van der Waals surface area contributed by atoms with Crippen LogP contribution in [0.2, 0.25) is 0 Å². The van der Waals surface area contributed by atoms with Crippen LogP contribution < -0.4 is 14.9 Å². The van der Waals surface area contributed by atoms with E-state index in [1.165, 1.54) is 6.21 Å². The predicted molar refractivity (Wildman–Crippen MR) is 124 cm³/mol. The zero-order valence-corrected chi connectivity index (χ0v) is 18.2. The molecule has 0 spiro atoms. The molecule has 0 heterocycles. The zero-order chi connectivity index (χ0) is 22.8. The van der Waals surface area contributed by atoms with Crippen LogP contribution in [0.4, 0.5) is 0 Å². The normalized spacial score (nSPS) is 10.7. The van der Waals surface area contributed by atoms with Crippen molar-refractivity contribution in [2.24, 2.45) is 5.10 Å². The molecule has 0 fully saturated rings. The molecular weight excluding hydrogens is 404 g/mol. The fourth-order valence-corrected chi connectivity index (χ4v) is 2.85. The van der Waals surface area contributed by atoms with Crippen LogP contribution in [0.1, 0.15) is 51.6 Å². The molecule has 0 aromatic heterocycles. The van der Waals surface area contributed by atoms with Crippen molar-refractivity contribution < 1.29 is 19.1 Å². The number of ether oxygens (including phenoxy) is 2. The summed E-state index contributed by atoms with van der Waals surface area (Å²) in [5, 5.41) is 3.99. The number of hydrazone groups is 1. The minimum absolute atomic E-state index is 0.315. The van der Waals surface area contributed by atoms with Gasteiger partial charge in [0.15, 0.2) is 0 Å². The Morgan fingerprint density at radius 1 is 0.938 bits per heavy atom. The molecule has 0 saturated carbocycles. The minimum Gasteiger partial charge on any atom is -0.494 e. The fraction of sp³-hybridized carbons (Fsp3) is 0.192. The second-order valence-electron chi connectivity index (χ2n) is 7.20. The monoisotopic (exact) mass is 430 g/mol. The average Bonchev–Trinajstić information content (AvgIpc) is 2.81. The van der Waals surface area contributed by atoms with Crippen molar-refractivity contribution in [1.29, 1.82) is 0 Å². The number of nitrogens with one attached hydrogen (secondary N) is 1. The highest BCUT2D eigenvalue weighted by molar-refractivity contribution is 5.95. The standard InChI is InChI=1S/C26H26N2O4/c1-3-4-17-31-22-15-11-21(12-16-22)25(29)28-27-18-20-9-13-23(14-10-20)32-26(30)24-8-6-5-7-19(24)2/h5-16,18H,3-4,17H2,1-2H3,(H,28,29). The molecule has 3 aromatic rings. The van der Waals surface area contributed by atoms with E-state index in [0.717, 1.165) is 29.7 Å². The summed E-state index contributed by atoms with van der Waals surface area (Å²) >= 11 is 0. The molecule has 6 nitrogen and oxygen atoms in total. The Labute approximate surface area is 187 Å². The van der Waals surface area contributed by atoms with Gasteiger partial charge >= 0.3 is 5.97 Å². The first-order valence-electron chi connectivity index (χ1n) is 10.5. The highest BCUT2D eigenvalue weighted by atomic mass is 16.5. The number of nitrogens with zero attached hydrogens (tertiary/aromatic N) is 1. The van der Waals surface area contributed by atoms with Crippen LogP contribution in [0.3, 0.4) is 0 Å². The largest absolute Gasteiger partial charge is 0.494 e. The lowest BCUT2D eigenvalue weighted by Gasteiger charge is -2.07. The number of amides is 1. The lowest BCUT2D eigenvalue weighted by atomic mass is 10.1. The molecule has 0 atom stereocenters. The second-order valence-corrected chi connectivity index (χ2v) is 7.20. The van der Waals surface area contributed by atoms with E-state index in [2.05, 4.69) is 17.5 Å². The summed E-state index contributed by atoms with van der Waals surface area (Å²) in [5.41, 5.74) is 5.12. The van der Waals surface area contributed by atoms with Gasteiger partial charge in [0.25, 0.3) is 5.91 Å². The zero-order valence-electron chi connectivity index (χ0n) is 18.2. The first-order chi connectivity index (χ1) is 15.6. The molecule has 3 aromatic carbocycles. The third kappa shape index (κ3) is 6.54. The van der Waals surface area contributed by atoms with Gasteiger partial charge in [0.2, 0.25) is 0 Å². The van der Waals surface area contributed by atoms with Crippen LogP contribution in [0, 0.1) is 6.92 Å². The van der Waals surface area contributed by atoms with Gasteiger partial charge in [0.05, 0.1) is 18.4 Å². The van der Waals surface area contributed by atoms with Gasteiger partial charge in [0, 0.05) is 5.56 Å². The first kappa shape index (κ1) is 22.7. The molecule has 3 rings (SSSR count). The summed E-state index contributed by atoms with van der Waals surface area (Å²) in [5.74, 6) is 0.450. The Kier molecular flexibility index (Phi) is 8.15. The molecule has 0 aliphatic carbocycles. The van der Waals surface area contributed by atoms with Gasteiger partial charge in [-0.2, -0.15) is 5.10 Å². The lowest BCUT2D eigenvalue weighted by Crippen LogP contribution is -2.17. The van der Waals surface area contributed by atoms with Crippen LogP contribution in [0.5, 0.6) is 11.5 Å². The molecular formula is C26H26N2O4. The van der Waals surface area contributed by atoms with Crippen molar-refractivity contribution in [3.05, 3.63) is 95.1 Å². The maximum absolute atomic E-state index is 12.3. The van der Waals surface area contributed by atoms with Gasteiger partial charge in [-0.3, -0.25) is 4.79 Å². The highest BCUT2D eigenvalue weighted by Gasteiger charge is 2.10. The Morgan fingerprint density at radius 2 is 1.62 bits per heavy atom. The molecule has 0 aliphatic heterocycles. The molecule has 6 heteroatoms. The first-order valence-corrected chi connectivity index (χ1v) is 10.5. The molecule has 0 saturated heterocycles. The molecule has 32 heavy (non-hydrogen) atoms. The Morgan fingerprint density at radius 3 is 2.31 bits per heavy atom. The van der Waals surface area contributed by atoms with Crippen LogP contribution >= 0.6 is 0 Å². The number of hydrogen-bond donors (Lipinski definition) is 1. The van der Waals surface area contributed by atoms with Crippen molar-refractivity contribution in [3.63, 3.8) is 0 Å². The summed E-state index contributed by atoms with van der Waals surface area (Å²) in [6.07, 6.45) is 3.58. The van der Waals surface area contributed by atoms with Crippen molar-refractivity contribution in [2.75, 3.05) is 6.61 Å². The lowest BCUT2D eigenvalue weighted by molar-refractivity contribution is 0.0733. The number of unbranched alkanes of at least 4 members (excludes halogenated alkanes) is 1. The van der Waals surface area contributed by atoms with Crippen molar-refractivity contribution in [2.45, 2.75) is 26.7 Å². The van der Waals surface area contributed by atoms with Gasteiger partial charge < -0.3 is 9.47 Å². The van der Waals surface area contributed by atoms with E-state index in [4.69, 9.17) is 9.47 Å². The smallest absolute Gasteiger partial charge is 0.343 e. The third-order valence-electron chi connectivity index (χ3n) is 4.72. The van der Waals surface area contributed by atoms with Gasteiger partial charge in [-0.25, -0.2) is 10.2 Å². The van der Waals surface area contributed by atoms with Crippen molar-refractivity contribution in [3.8, 4) is 11.5 Å². The number of benzene rings is 3. The number of esters is 1. The maximum Gasteiger partial charge on any atom is 0.343 e. The van der Waals surface area contributed by atoms with Crippen LogP contribution in [-0.2, 0) is 0 Å². The van der Waals surface area contributed by atoms with Crippen molar-refractivity contribution >= 4 is 18.1 Å². The summed E-state index contributed by atoms with van der Waals surface area (Å²) in [6.45, 7) is 4.63.